The van der Waals surface area contributed by atoms with Gasteiger partial charge >= 0.3 is 5.63 Å². The number of hydrogen-bond acceptors (Lipinski definition) is 5. The molecule has 1 aromatic heterocycles. The number of hydrogen-bond donors (Lipinski definition) is 0. The summed E-state index contributed by atoms with van der Waals surface area (Å²) in [7, 11) is -3.09. The second-order valence-electron chi connectivity index (χ2n) is 7.58. The Bertz CT molecular complexity index is 933. The number of fused-ring (bicyclic) bond motifs is 1. The van der Waals surface area contributed by atoms with Crippen LogP contribution in [0.2, 0.25) is 0 Å². The summed E-state index contributed by atoms with van der Waals surface area (Å²) in [6, 6.07) is 8.40. The molecule has 0 N–H and O–H groups in total. The minimum absolute atomic E-state index is 0.125. The lowest BCUT2D eigenvalue weighted by atomic mass is 10.0. The van der Waals surface area contributed by atoms with Crippen molar-refractivity contribution in [2.24, 2.45) is 0 Å². The van der Waals surface area contributed by atoms with Crippen molar-refractivity contribution in [3.05, 3.63) is 46.3 Å². The van der Waals surface area contributed by atoms with Crippen molar-refractivity contribution in [3.63, 3.8) is 0 Å². The van der Waals surface area contributed by atoms with E-state index in [1.54, 1.807) is 39.0 Å². The summed E-state index contributed by atoms with van der Waals surface area (Å²) in [6.45, 7) is 5.13. The van der Waals surface area contributed by atoms with Crippen molar-refractivity contribution < 1.29 is 17.6 Å². The number of carbonyl (C=O) groups is 1. The van der Waals surface area contributed by atoms with Gasteiger partial charge in [0.05, 0.1) is 10.5 Å². The molecule has 0 saturated carbocycles. The fourth-order valence-corrected chi connectivity index (χ4v) is 3.84. The van der Waals surface area contributed by atoms with E-state index in [1.807, 2.05) is 6.07 Å². The van der Waals surface area contributed by atoms with Gasteiger partial charge in [-0.15, -0.1) is 0 Å². The van der Waals surface area contributed by atoms with E-state index in [0.717, 1.165) is 17.4 Å². The van der Waals surface area contributed by atoms with Crippen molar-refractivity contribution in [3.8, 4) is 0 Å². The van der Waals surface area contributed by atoms with E-state index in [2.05, 4.69) is 0 Å². The summed E-state index contributed by atoms with van der Waals surface area (Å²) in [4.78, 5) is 23.3. The Kier molecular flexibility index (Phi) is 6.39. The van der Waals surface area contributed by atoms with Crippen LogP contribution in [0, 0.1) is 0 Å². The average Bonchev–Trinajstić information content (AvgIpc) is 2.53. The molecular weight excluding hydrogens is 352 g/mol. The number of unbranched alkanes of at least 4 members (excludes halogenated alkanes) is 2. The van der Waals surface area contributed by atoms with Crippen molar-refractivity contribution in [1.82, 2.24) is 0 Å². The number of rotatable bonds is 8. The first-order chi connectivity index (χ1) is 12.1. The Morgan fingerprint density at radius 3 is 2.46 bits per heavy atom. The van der Waals surface area contributed by atoms with Crippen molar-refractivity contribution in [2.75, 3.05) is 5.75 Å². The highest BCUT2D eigenvalue weighted by molar-refractivity contribution is 7.92. The average molecular weight is 378 g/mol. The zero-order valence-corrected chi connectivity index (χ0v) is 16.4. The lowest BCUT2D eigenvalue weighted by Gasteiger charge is -2.18. The molecule has 26 heavy (non-hydrogen) atoms. The van der Waals surface area contributed by atoms with Crippen LogP contribution in [-0.4, -0.2) is 24.7 Å². The number of Topliss-reactive ketones (excluding diaryl/α,β-unsaturated/α-hetero) is 1. The zero-order valence-electron chi connectivity index (χ0n) is 15.6. The molecule has 0 atom stereocenters. The van der Waals surface area contributed by atoms with Gasteiger partial charge < -0.3 is 4.42 Å². The Balaban J connectivity index is 1.79. The molecule has 2 aromatic rings. The molecule has 0 spiro atoms. The van der Waals surface area contributed by atoms with Gasteiger partial charge in [-0.05, 0) is 57.4 Å². The SMILES string of the molecule is CC(C)(C)S(=O)(=O)CCCCCC(=O)Cc1ccc2oc(=O)ccc2c1. The molecule has 5 nitrogen and oxygen atoms in total. The molecule has 0 fully saturated rings. The fourth-order valence-electron chi connectivity index (χ4n) is 2.64. The molecule has 2 rings (SSSR count). The van der Waals surface area contributed by atoms with Gasteiger partial charge in [-0.3, -0.25) is 4.79 Å². The van der Waals surface area contributed by atoms with Crippen LogP contribution in [0.25, 0.3) is 11.0 Å². The third kappa shape index (κ3) is 5.53. The van der Waals surface area contributed by atoms with Crippen molar-refractivity contribution in [2.45, 2.75) is 57.6 Å². The lowest BCUT2D eigenvalue weighted by Crippen LogP contribution is -2.30. The second kappa shape index (κ2) is 8.16. The van der Waals surface area contributed by atoms with E-state index in [1.165, 1.54) is 6.07 Å². The molecular formula is C20H26O5S. The Labute approximate surface area is 154 Å². The van der Waals surface area contributed by atoms with Gasteiger partial charge in [-0.2, -0.15) is 0 Å². The van der Waals surface area contributed by atoms with Crippen molar-refractivity contribution in [1.29, 1.82) is 0 Å². The van der Waals surface area contributed by atoms with Crippen LogP contribution in [0.5, 0.6) is 0 Å². The molecule has 1 aromatic carbocycles. The van der Waals surface area contributed by atoms with E-state index in [9.17, 15) is 18.0 Å². The lowest BCUT2D eigenvalue weighted by molar-refractivity contribution is -0.118. The predicted molar refractivity (Wildman–Crippen MR) is 103 cm³/mol. The van der Waals surface area contributed by atoms with Gasteiger partial charge in [0.2, 0.25) is 0 Å². The third-order valence-electron chi connectivity index (χ3n) is 4.39. The predicted octanol–water partition coefficient (Wildman–Crippen LogP) is 3.68. The monoisotopic (exact) mass is 378 g/mol. The smallest absolute Gasteiger partial charge is 0.336 e. The van der Waals surface area contributed by atoms with Crippen molar-refractivity contribution >= 4 is 26.6 Å². The van der Waals surface area contributed by atoms with E-state index in [0.29, 0.717) is 31.3 Å². The van der Waals surface area contributed by atoms with Crippen LogP contribution < -0.4 is 5.63 Å². The number of carbonyl (C=O) groups excluding carboxylic acids is 1. The minimum Gasteiger partial charge on any atom is -0.423 e. The first-order valence-corrected chi connectivity index (χ1v) is 10.5. The first-order valence-electron chi connectivity index (χ1n) is 8.85. The molecule has 1 heterocycles. The van der Waals surface area contributed by atoms with Gasteiger partial charge in [0.1, 0.15) is 11.4 Å². The molecule has 142 valence electrons. The number of benzene rings is 1. The maximum absolute atomic E-state index is 12.1. The fraction of sp³-hybridized carbons (Fsp3) is 0.500. The molecule has 0 aliphatic carbocycles. The van der Waals surface area contributed by atoms with E-state index in [-0.39, 0.29) is 11.5 Å². The molecule has 6 heteroatoms. The van der Waals surface area contributed by atoms with Gasteiger partial charge in [0.25, 0.3) is 0 Å². The molecule has 0 amide bonds. The van der Waals surface area contributed by atoms with Crippen LogP contribution in [0.3, 0.4) is 0 Å². The first kappa shape index (κ1) is 20.4. The Morgan fingerprint density at radius 1 is 1.04 bits per heavy atom. The van der Waals surface area contributed by atoms with Crippen LogP contribution in [0.15, 0.2) is 39.5 Å². The summed E-state index contributed by atoms with van der Waals surface area (Å²) in [6.07, 6.45) is 2.78. The van der Waals surface area contributed by atoms with Gasteiger partial charge in [-0.1, -0.05) is 12.5 Å². The summed E-state index contributed by atoms with van der Waals surface area (Å²) < 4.78 is 28.4. The molecule has 0 bridgehead atoms. The summed E-state index contributed by atoms with van der Waals surface area (Å²) in [5, 5.41) is 0.794. The maximum Gasteiger partial charge on any atom is 0.336 e. The summed E-state index contributed by atoms with van der Waals surface area (Å²) in [5.41, 5.74) is 0.996. The van der Waals surface area contributed by atoms with E-state index >= 15 is 0 Å². The molecule has 0 saturated heterocycles. The van der Waals surface area contributed by atoms with Gasteiger partial charge in [0.15, 0.2) is 9.84 Å². The zero-order chi connectivity index (χ0) is 19.4. The van der Waals surface area contributed by atoms with Gasteiger partial charge in [0, 0.05) is 24.3 Å². The topological polar surface area (TPSA) is 81.4 Å². The quantitative estimate of drug-likeness (QED) is 0.517. The van der Waals surface area contributed by atoms with E-state index in [4.69, 9.17) is 4.42 Å². The molecule has 0 radical (unpaired) electrons. The Morgan fingerprint density at radius 2 is 1.77 bits per heavy atom. The van der Waals surface area contributed by atoms with Crippen LogP contribution >= 0.6 is 0 Å². The molecule has 0 aliphatic rings. The van der Waals surface area contributed by atoms with Gasteiger partial charge in [-0.25, -0.2) is 13.2 Å². The summed E-state index contributed by atoms with van der Waals surface area (Å²) >= 11 is 0. The number of sulfone groups is 1. The Hall–Kier alpha value is -1.95. The van der Waals surface area contributed by atoms with Crippen LogP contribution in [0.1, 0.15) is 52.0 Å². The minimum atomic E-state index is -3.09. The highest BCUT2D eigenvalue weighted by atomic mass is 32.2. The van der Waals surface area contributed by atoms with Crippen LogP contribution in [0.4, 0.5) is 0 Å². The third-order valence-corrected chi connectivity index (χ3v) is 7.08. The second-order valence-corrected chi connectivity index (χ2v) is 10.4. The summed E-state index contributed by atoms with van der Waals surface area (Å²) in [5.74, 6) is 0.293. The normalized spacial score (nSPS) is 12.4. The highest BCUT2D eigenvalue weighted by Gasteiger charge is 2.27. The molecule has 0 unspecified atom stereocenters. The highest BCUT2D eigenvalue weighted by Crippen LogP contribution is 2.18. The maximum atomic E-state index is 12.1. The largest absolute Gasteiger partial charge is 0.423 e. The van der Waals surface area contributed by atoms with E-state index < -0.39 is 20.2 Å². The number of ketones is 1. The van der Waals surface area contributed by atoms with Crippen LogP contribution in [-0.2, 0) is 21.1 Å². The molecule has 0 aliphatic heterocycles. The standard InChI is InChI=1S/C20H26O5S/c1-20(2,3)26(23,24)12-6-4-5-7-17(21)14-15-8-10-18-16(13-15)9-11-19(22)25-18/h8-11,13H,4-7,12,14H2,1-3H3.